The van der Waals surface area contributed by atoms with Crippen LogP contribution in [0.25, 0.3) is 0 Å². The topological polar surface area (TPSA) is 27.0 Å². The first-order valence-electron chi connectivity index (χ1n) is 5.87. The maximum absolute atomic E-state index is 13.3. The minimum absolute atomic E-state index is 0.323. The summed E-state index contributed by atoms with van der Waals surface area (Å²) in [5.74, 6) is 0.235. The number of nitrogens with zero attached hydrogens (tertiary/aromatic N) is 2. The summed E-state index contributed by atoms with van der Waals surface area (Å²) in [6.45, 7) is 6.43. The molecule has 0 aromatic heterocycles. The van der Waals surface area contributed by atoms with E-state index < -0.39 is 0 Å². The molecule has 1 aromatic carbocycles. The van der Waals surface area contributed by atoms with Crippen molar-refractivity contribution in [1.82, 2.24) is 0 Å². The van der Waals surface area contributed by atoms with Crippen LogP contribution in [0.3, 0.4) is 0 Å². The average molecular weight is 234 g/mol. The Morgan fingerprint density at radius 3 is 2.47 bits per heavy atom. The Morgan fingerprint density at radius 1 is 1.29 bits per heavy atom. The number of rotatable bonds is 4. The molecule has 2 nitrogen and oxygen atoms in total. The Balaban J connectivity index is 2.92. The highest BCUT2D eigenvalue weighted by Gasteiger charge is 2.13. The van der Waals surface area contributed by atoms with Gasteiger partial charge in [0, 0.05) is 18.8 Å². The van der Waals surface area contributed by atoms with Crippen LogP contribution in [0.2, 0.25) is 0 Å². The Morgan fingerprint density at radius 2 is 1.94 bits per heavy atom. The van der Waals surface area contributed by atoms with Gasteiger partial charge in [0.05, 0.1) is 11.6 Å². The molecule has 17 heavy (non-hydrogen) atoms. The van der Waals surface area contributed by atoms with Crippen molar-refractivity contribution in [3.8, 4) is 6.07 Å². The lowest BCUT2D eigenvalue weighted by Gasteiger charge is -2.28. The molecule has 1 aromatic rings. The number of benzene rings is 1. The summed E-state index contributed by atoms with van der Waals surface area (Å²) in [5.41, 5.74) is 1.12. The van der Waals surface area contributed by atoms with Crippen molar-refractivity contribution in [3.05, 3.63) is 29.6 Å². The van der Waals surface area contributed by atoms with E-state index in [0.29, 0.717) is 17.5 Å². The summed E-state index contributed by atoms with van der Waals surface area (Å²) in [7, 11) is 1.93. The van der Waals surface area contributed by atoms with E-state index in [0.717, 1.165) is 12.1 Å². The van der Waals surface area contributed by atoms with Gasteiger partial charge in [-0.15, -0.1) is 0 Å². The first-order chi connectivity index (χ1) is 7.93. The van der Waals surface area contributed by atoms with E-state index in [9.17, 15) is 4.39 Å². The maximum Gasteiger partial charge on any atom is 0.126 e. The normalized spacial score (nSPS) is 12.3. The quantitative estimate of drug-likeness (QED) is 0.796. The molecular formula is C14H19FN2. The Labute approximate surface area is 103 Å². The van der Waals surface area contributed by atoms with Gasteiger partial charge in [0.2, 0.25) is 0 Å². The minimum Gasteiger partial charge on any atom is -0.372 e. The fourth-order valence-electron chi connectivity index (χ4n) is 1.94. The van der Waals surface area contributed by atoms with Gasteiger partial charge >= 0.3 is 0 Å². The van der Waals surface area contributed by atoms with Gasteiger partial charge in [-0.05, 0) is 37.5 Å². The molecule has 0 saturated carbocycles. The predicted octanol–water partition coefficient (Wildman–Crippen LogP) is 3.57. The number of nitriles is 1. The summed E-state index contributed by atoms with van der Waals surface area (Å²) in [5, 5.41) is 8.82. The van der Waals surface area contributed by atoms with Crippen LogP contribution < -0.4 is 4.90 Å². The average Bonchev–Trinajstić information content (AvgIpc) is 2.26. The third-order valence-electron chi connectivity index (χ3n) is 2.89. The van der Waals surface area contributed by atoms with Gasteiger partial charge in [0.25, 0.3) is 0 Å². The van der Waals surface area contributed by atoms with E-state index in [1.807, 2.05) is 18.0 Å². The monoisotopic (exact) mass is 234 g/mol. The van der Waals surface area contributed by atoms with Crippen LogP contribution >= 0.6 is 0 Å². The molecule has 1 rings (SSSR count). The van der Waals surface area contributed by atoms with E-state index in [2.05, 4.69) is 20.8 Å². The third kappa shape index (κ3) is 3.74. The first-order valence-corrected chi connectivity index (χ1v) is 5.87. The van der Waals surface area contributed by atoms with Gasteiger partial charge in [0.1, 0.15) is 5.82 Å². The lowest BCUT2D eigenvalue weighted by molar-refractivity contribution is 0.503. The first kappa shape index (κ1) is 13.5. The Hall–Kier alpha value is -1.56. The molecule has 0 aliphatic carbocycles. The zero-order chi connectivity index (χ0) is 13.0. The second-order valence-electron chi connectivity index (χ2n) is 4.90. The summed E-state index contributed by atoms with van der Waals surface area (Å²) < 4.78 is 13.3. The Kier molecular flexibility index (Phi) is 4.51. The van der Waals surface area contributed by atoms with E-state index in [1.165, 1.54) is 12.1 Å². The van der Waals surface area contributed by atoms with Crippen LogP contribution in [0.1, 0.15) is 32.8 Å². The van der Waals surface area contributed by atoms with Crippen LogP contribution in [0.5, 0.6) is 0 Å². The van der Waals surface area contributed by atoms with Gasteiger partial charge in [-0.2, -0.15) is 5.26 Å². The van der Waals surface area contributed by atoms with Gasteiger partial charge < -0.3 is 4.90 Å². The summed E-state index contributed by atoms with van der Waals surface area (Å²) in [6.07, 6.45) is 1.04. The van der Waals surface area contributed by atoms with Crippen LogP contribution in [-0.4, -0.2) is 13.1 Å². The van der Waals surface area contributed by atoms with Crippen molar-refractivity contribution >= 4 is 5.69 Å². The molecular weight excluding hydrogens is 215 g/mol. The van der Waals surface area contributed by atoms with E-state index >= 15 is 0 Å². The van der Waals surface area contributed by atoms with Crippen molar-refractivity contribution in [2.24, 2.45) is 5.92 Å². The molecule has 3 heteroatoms. The third-order valence-corrected chi connectivity index (χ3v) is 2.89. The molecule has 92 valence electrons. The van der Waals surface area contributed by atoms with Gasteiger partial charge in [0.15, 0.2) is 0 Å². The molecule has 1 unspecified atom stereocenters. The number of hydrogen-bond donors (Lipinski definition) is 0. The van der Waals surface area contributed by atoms with Crippen LogP contribution in [0.15, 0.2) is 18.2 Å². The fraction of sp³-hybridized carbons (Fsp3) is 0.500. The number of halogens is 1. The highest BCUT2D eigenvalue weighted by atomic mass is 19.1. The molecule has 0 N–H and O–H groups in total. The largest absolute Gasteiger partial charge is 0.372 e. The molecule has 0 aliphatic heterocycles. The second-order valence-corrected chi connectivity index (χ2v) is 4.90. The smallest absolute Gasteiger partial charge is 0.126 e. The van der Waals surface area contributed by atoms with Crippen LogP contribution in [-0.2, 0) is 0 Å². The molecule has 1 atom stereocenters. The van der Waals surface area contributed by atoms with Gasteiger partial charge in [-0.1, -0.05) is 13.8 Å². The molecule has 0 aliphatic rings. The van der Waals surface area contributed by atoms with E-state index in [1.54, 1.807) is 6.07 Å². The van der Waals surface area contributed by atoms with Crippen molar-refractivity contribution in [1.29, 1.82) is 5.26 Å². The number of anilines is 1. The van der Waals surface area contributed by atoms with Crippen LogP contribution in [0.4, 0.5) is 10.1 Å². The zero-order valence-electron chi connectivity index (χ0n) is 10.9. The molecule has 0 radical (unpaired) electrons. The summed E-state index contributed by atoms with van der Waals surface area (Å²) >= 11 is 0. The molecule has 0 spiro atoms. The van der Waals surface area contributed by atoms with Gasteiger partial charge in [-0.3, -0.25) is 0 Å². The van der Waals surface area contributed by atoms with Crippen molar-refractivity contribution < 1.29 is 4.39 Å². The number of hydrogen-bond acceptors (Lipinski definition) is 2. The van der Waals surface area contributed by atoms with Crippen molar-refractivity contribution in [2.45, 2.75) is 33.2 Å². The fourth-order valence-corrected chi connectivity index (χ4v) is 1.94. The molecule has 0 amide bonds. The highest BCUT2D eigenvalue weighted by Crippen LogP contribution is 2.21. The zero-order valence-corrected chi connectivity index (χ0v) is 10.9. The second kappa shape index (κ2) is 5.67. The highest BCUT2D eigenvalue weighted by molar-refractivity contribution is 5.52. The lowest BCUT2D eigenvalue weighted by atomic mass is 10.0. The molecule has 0 bridgehead atoms. The lowest BCUT2D eigenvalue weighted by Crippen LogP contribution is -2.30. The maximum atomic E-state index is 13.3. The van der Waals surface area contributed by atoms with Crippen molar-refractivity contribution in [2.75, 3.05) is 11.9 Å². The van der Waals surface area contributed by atoms with E-state index in [4.69, 9.17) is 5.26 Å². The SMILES string of the molecule is CC(C)CC(C)N(C)c1cc(F)cc(C#N)c1. The van der Waals surface area contributed by atoms with Crippen molar-refractivity contribution in [3.63, 3.8) is 0 Å². The summed E-state index contributed by atoms with van der Waals surface area (Å²) in [4.78, 5) is 2.02. The minimum atomic E-state index is -0.359. The molecule has 0 saturated heterocycles. The predicted molar refractivity (Wildman–Crippen MR) is 68.4 cm³/mol. The summed E-state index contributed by atoms with van der Waals surface area (Å²) in [6, 6.07) is 6.75. The van der Waals surface area contributed by atoms with E-state index in [-0.39, 0.29) is 5.82 Å². The molecule has 0 fully saturated rings. The Bertz CT molecular complexity index is 421. The van der Waals surface area contributed by atoms with Crippen LogP contribution in [0, 0.1) is 23.1 Å². The molecule has 0 heterocycles. The standard InChI is InChI=1S/C14H19FN2/c1-10(2)5-11(3)17(4)14-7-12(9-16)6-13(15)8-14/h6-8,10-11H,5H2,1-4H3. The van der Waals surface area contributed by atoms with Gasteiger partial charge in [-0.25, -0.2) is 4.39 Å².